The molecule has 9 aromatic carbocycles. The van der Waals surface area contributed by atoms with E-state index in [1.807, 2.05) is 11.3 Å². The van der Waals surface area contributed by atoms with Crippen LogP contribution in [-0.2, 0) is 0 Å². The molecule has 0 spiro atoms. The van der Waals surface area contributed by atoms with Crippen molar-refractivity contribution in [2.45, 2.75) is 0 Å². The molecule has 0 unspecified atom stereocenters. The zero-order chi connectivity index (χ0) is 37.7. The number of hydrogen-bond acceptors (Lipinski definition) is 2. The number of fused-ring (bicyclic) bond motifs is 6. The number of nitrogens with zero attached hydrogens (tertiary/aromatic N) is 2. The molecular weight excluding hydrogens is 709 g/mol. The van der Waals surface area contributed by atoms with Crippen LogP contribution in [0.5, 0.6) is 0 Å². The van der Waals surface area contributed by atoms with Crippen molar-refractivity contribution in [1.29, 1.82) is 0 Å². The smallest absolute Gasteiger partial charge is 0.0541 e. The quantitative estimate of drug-likeness (QED) is 0.158. The van der Waals surface area contributed by atoms with Gasteiger partial charge in [0.15, 0.2) is 0 Å². The fraction of sp³-hybridized carbons (Fsp3) is 0. The molecule has 2 heterocycles. The standard InChI is InChI=1S/C54H36N2S/c1-2-14-38(15-3-1)43-16-4-9-21-49(43)55(41-31-26-37(27-32-41)40-30-35-48-47-20-8-13-25-53(47)57-54(48)36-40)42-33-28-39(29-34-42)44-17-5-10-22-50(44)56-51-23-11-6-18-45(51)46-19-7-12-24-52(46)56/h1-36H. The van der Waals surface area contributed by atoms with Gasteiger partial charge < -0.3 is 9.47 Å². The SMILES string of the molecule is c1ccc(-c2ccccc2N(c2ccc(-c3ccc4c(c3)sc3ccccc34)cc2)c2ccc(-c3ccccc3-n3c4ccccc4c4ccccc43)cc2)cc1. The number of hydrogen-bond donors (Lipinski definition) is 0. The Bertz CT molecular complexity index is 3170. The Labute approximate surface area is 335 Å². The summed E-state index contributed by atoms with van der Waals surface area (Å²) in [6.07, 6.45) is 0. The Kier molecular flexibility index (Phi) is 8.04. The predicted molar refractivity (Wildman–Crippen MR) is 245 cm³/mol. The topological polar surface area (TPSA) is 8.17 Å². The van der Waals surface area contributed by atoms with Crippen molar-refractivity contribution in [3.63, 3.8) is 0 Å². The summed E-state index contributed by atoms with van der Waals surface area (Å²) >= 11 is 1.86. The van der Waals surface area contributed by atoms with Crippen molar-refractivity contribution < 1.29 is 0 Å². The summed E-state index contributed by atoms with van der Waals surface area (Å²) in [5, 5.41) is 5.17. The van der Waals surface area contributed by atoms with Gasteiger partial charge in [0.25, 0.3) is 0 Å². The highest BCUT2D eigenvalue weighted by molar-refractivity contribution is 7.25. The molecule has 0 fully saturated rings. The zero-order valence-electron chi connectivity index (χ0n) is 31.1. The van der Waals surface area contributed by atoms with Gasteiger partial charge in [0.1, 0.15) is 0 Å². The van der Waals surface area contributed by atoms with E-state index < -0.39 is 0 Å². The van der Waals surface area contributed by atoms with Crippen LogP contribution in [0.1, 0.15) is 0 Å². The third kappa shape index (κ3) is 5.71. The molecule has 11 rings (SSSR count). The molecule has 11 aromatic rings. The Morgan fingerprint density at radius 2 is 0.842 bits per heavy atom. The summed E-state index contributed by atoms with van der Waals surface area (Å²) in [6.45, 7) is 0. The number of para-hydroxylation sites is 4. The fourth-order valence-electron chi connectivity index (χ4n) is 8.55. The van der Waals surface area contributed by atoms with Crippen LogP contribution in [-0.4, -0.2) is 4.57 Å². The molecule has 0 saturated carbocycles. The highest BCUT2D eigenvalue weighted by Gasteiger charge is 2.19. The van der Waals surface area contributed by atoms with Gasteiger partial charge in [-0.05, 0) is 82.9 Å². The Morgan fingerprint density at radius 3 is 1.56 bits per heavy atom. The molecule has 3 heteroatoms. The van der Waals surface area contributed by atoms with Crippen molar-refractivity contribution >= 4 is 70.4 Å². The lowest BCUT2D eigenvalue weighted by Gasteiger charge is -2.28. The van der Waals surface area contributed by atoms with E-state index in [0.717, 1.165) is 17.1 Å². The van der Waals surface area contributed by atoms with Crippen LogP contribution in [0, 0.1) is 0 Å². The number of rotatable bonds is 7. The highest BCUT2D eigenvalue weighted by atomic mass is 32.1. The number of benzene rings is 9. The second kappa shape index (κ2) is 13.8. The van der Waals surface area contributed by atoms with E-state index in [1.165, 1.54) is 81.0 Å². The second-order valence-electron chi connectivity index (χ2n) is 14.5. The number of thiophene rings is 1. The van der Waals surface area contributed by atoms with Gasteiger partial charge in [-0.15, -0.1) is 11.3 Å². The summed E-state index contributed by atoms with van der Waals surface area (Å²) in [5.41, 5.74) is 14.0. The van der Waals surface area contributed by atoms with E-state index in [9.17, 15) is 0 Å². The molecule has 0 amide bonds. The fourth-order valence-corrected chi connectivity index (χ4v) is 9.70. The first kappa shape index (κ1) is 33.2. The van der Waals surface area contributed by atoms with Gasteiger partial charge in [0.05, 0.1) is 22.4 Å². The molecule has 0 aliphatic heterocycles. The summed E-state index contributed by atoms with van der Waals surface area (Å²) in [5.74, 6) is 0. The van der Waals surface area contributed by atoms with Gasteiger partial charge in [0, 0.05) is 53.4 Å². The first-order valence-electron chi connectivity index (χ1n) is 19.4. The lowest BCUT2D eigenvalue weighted by molar-refractivity contribution is 1.18. The van der Waals surface area contributed by atoms with Crippen LogP contribution in [0.3, 0.4) is 0 Å². The average molecular weight is 745 g/mol. The van der Waals surface area contributed by atoms with Crippen LogP contribution in [0.15, 0.2) is 218 Å². The molecule has 0 N–H and O–H groups in total. The van der Waals surface area contributed by atoms with Crippen molar-refractivity contribution in [3.05, 3.63) is 218 Å². The third-order valence-corrected chi connectivity index (χ3v) is 12.4. The number of anilines is 3. The largest absolute Gasteiger partial charge is 0.310 e. The average Bonchev–Trinajstić information content (AvgIpc) is 3.83. The van der Waals surface area contributed by atoms with Gasteiger partial charge in [0.2, 0.25) is 0 Å². The lowest BCUT2D eigenvalue weighted by atomic mass is 9.99. The van der Waals surface area contributed by atoms with Crippen LogP contribution < -0.4 is 4.90 Å². The lowest BCUT2D eigenvalue weighted by Crippen LogP contribution is -2.11. The second-order valence-corrected chi connectivity index (χ2v) is 15.6. The molecule has 0 saturated heterocycles. The van der Waals surface area contributed by atoms with E-state index in [4.69, 9.17) is 0 Å². The number of aromatic nitrogens is 1. The summed E-state index contributed by atoms with van der Waals surface area (Å²) in [7, 11) is 0. The molecule has 0 aliphatic rings. The maximum atomic E-state index is 2.41. The van der Waals surface area contributed by atoms with E-state index in [2.05, 4.69) is 228 Å². The molecular formula is C54H36N2S. The Hall–Kier alpha value is -7.20. The van der Waals surface area contributed by atoms with E-state index in [0.29, 0.717) is 0 Å². The molecule has 268 valence electrons. The molecule has 57 heavy (non-hydrogen) atoms. The molecule has 2 aromatic heterocycles. The summed E-state index contributed by atoms with van der Waals surface area (Å²) < 4.78 is 5.06. The van der Waals surface area contributed by atoms with Crippen LogP contribution in [0.25, 0.3) is 81.0 Å². The third-order valence-electron chi connectivity index (χ3n) is 11.2. The molecule has 0 radical (unpaired) electrons. The van der Waals surface area contributed by atoms with Crippen molar-refractivity contribution in [1.82, 2.24) is 4.57 Å². The van der Waals surface area contributed by atoms with Crippen molar-refractivity contribution in [2.75, 3.05) is 4.90 Å². The van der Waals surface area contributed by atoms with Gasteiger partial charge in [-0.1, -0.05) is 158 Å². The summed E-state index contributed by atoms with van der Waals surface area (Å²) in [6, 6.07) is 79.3. The van der Waals surface area contributed by atoms with Crippen LogP contribution in [0.2, 0.25) is 0 Å². The monoisotopic (exact) mass is 744 g/mol. The van der Waals surface area contributed by atoms with E-state index in [-0.39, 0.29) is 0 Å². The minimum absolute atomic E-state index is 1.09. The van der Waals surface area contributed by atoms with E-state index >= 15 is 0 Å². The first-order valence-corrected chi connectivity index (χ1v) is 20.2. The molecule has 0 aliphatic carbocycles. The first-order chi connectivity index (χ1) is 28.3. The molecule has 0 atom stereocenters. The predicted octanol–water partition coefficient (Wildman–Crippen LogP) is 15.6. The summed E-state index contributed by atoms with van der Waals surface area (Å²) in [4.78, 5) is 2.39. The van der Waals surface area contributed by atoms with Crippen LogP contribution in [0.4, 0.5) is 17.1 Å². The Morgan fingerprint density at radius 1 is 0.333 bits per heavy atom. The van der Waals surface area contributed by atoms with Crippen molar-refractivity contribution in [2.24, 2.45) is 0 Å². The minimum Gasteiger partial charge on any atom is -0.310 e. The molecule has 0 bridgehead atoms. The normalized spacial score (nSPS) is 11.5. The van der Waals surface area contributed by atoms with Crippen LogP contribution >= 0.6 is 11.3 Å². The zero-order valence-corrected chi connectivity index (χ0v) is 31.9. The Balaban J connectivity index is 1.02. The van der Waals surface area contributed by atoms with Gasteiger partial charge in [-0.3, -0.25) is 0 Å². The molecule has 2 nitrogen and oxygen atoms in total. The van der Waals surface area contributed by atoms with Gasteiger partial charge in [-0.2, -0.15) is 0 Å². The van der Waals surface area contributed by atoms with Crippen molar-refractivity contribution in [3.8, 4) is 39.1 Å². The van der Waals surface area contributed by atoms with Gasteiger partial charge >= 0.3 is 0 Å². The van der Waals surface area contributed by atoms with E-state index in [1.54, 1.807) is 0 Å². The highest BCUT2D eigenvalue weighted by Crippen LogP contribution is 2.43. The maximum Gasteiger partial charge on any atom is 0.0541 e. The maximum absolute atomic E-state index is 2.41. The van der Waals surface area contributed by atoms with Gasteiger partial charge in [-0.25, -0.2) is 0 Å². The minimum atomic E-state index is 1.09.